The van der Waals surface area contributed by atoms with E-state index in [0.717, 1.165) is 51.4 Å². The lowest BCUT2D eigenvalue weighted by Gasteiger charge is -2.09. The molecule has 0 aliphatic rings. The second-order valence-corrected chi connectivity index (χ2v) is 9.20. The van der Waals surface area contributed by atoms with Gasteiger partial charge in [-0.1, -0.05) is 83.8 Å². The lowest BCUT2D eigenvalue weighted by atomic mass is 10.1. The summed E-state index contributed by atoms with van der Waals surface area (Å²) < 4.78 is 37.6. The van der Waals surface area contributed by atoms with Crippen molar-refractivity contribution in [2.45, 2.75) is 115 Å². The van der Waals surface area contributed by atoms with Gasteiger partial charge in [-0.25, -0.2) is 0 Å². The summed E-state index contributed by atoms with van der Waals surface area (Å²) in [7, 11) is -4.05. The highest BCUT2D eigenvalue weighted by Gasteiger charge is 2.19. The Hall–Kier alpha value is -0.880. The van der Waals surface area contributed by atoms with Crippen LogP contribution < -0.4 is 0 Å². The highest BCUT2D eigenvalue weighted by Crippen LogP contribution is 2.15. The van der Waals surface area contributed by atoms with Crippen LogP contribution in [0.15, 0.2) is 12.2 Å². The third-order valence-electron chi connectivity index (χ3n) is 4.84. The fourth-order valence-corrected chi connectivity index (χ4v) is 3.78. The predicted octanol–water partition coefficient (Wildman–Crippen LogP) is 6.23. The van der Waals surface area contributed by atoms with Gasteiger partial charge in [0.1, 0.15) is 5.25 Å². The summed E-state index contributed by atoms with van der Waals surface area (Å²) in [5.74, 6) is -0.151. The van der Waals surface area contributed by atoms with Gasteiger partial charge in [0.15, 0.2) is 0 Å². The average Bonchev–Trinajstić information content (AvgIpc) is 2.64. The summed E-state index contributed by atoms with van der Waals surface area (Å²) in [6.45, 7) is 4.74. The van der Waals surface area contributed by atoms with Crippen LogP contribution in [0.4, 0.5) is 0 Å². The summed E-state index contributed by atoms with van der Waals surface area (Å²) in [6, 6.07) is 0. The van der Waals surface area contributed by atoms with E-state index in [1.807, 2.05) is 6.08 Å². The van der Waals surface area contributed by atoms with E-state index in [4.69, 9.17) is 4.74 Å². The number of hydrogen-bond donors (Lipinski definition) is 1. The van der Waals surface area contributed by atoms with Crippen molar-refractivity contribution in [3.05, 3.63) is 12.2 Å². The van der Waals surface area contributed by atoms with Crippen LogP contribution in [0.1, 0.15) is 110 Å². The van der Waals surface area contributed by atoms with Crippen LogP contribution in [-0.2, 0) is 19.6 Å². The van der Waals surface area contributed by atoms with Crippen LogP contribution in [0.5, 0.6) is 0 Å². The number of unbranched alkanes of at least 4 members (excludes halogenated alkanes) is 10. The Morgan fingerprint density at radius 2 is 1.50 bits per heavy atom. The zero-order chi connectivity index (χ0) is 21.1. The Kier molecular flexibility index (Phi) is 17.6. The summed E-state index contributed by atoms with van der Waals surface area (Å²) in [4.78, 5) is 11.5. The van der Waals surface area contributed by atoms with Crippen molar-refractivity contribution in [1.82, 2.24) is 0 Å². The molecule has 0 aromatic rings. The van der Waals surface area contributed by atoms with Crippen LogP contribution >= 0.6 is 0 Å². The van der Waals surface area contributed by atoms with Crippen molar-refractivity contribution >= 4 is 16.1 Å². The van der Waals surface area contributed by atoms with Crippen molar-refractivity contribution in [2.24, 2.45) is 0 Å². The molecule has 5 nitrogen and oxygen atoms in total. The Morgan fingerprint density at radius 3 is 2.18 bits per heavy atom. The number of esters is 1. The molecular formula is C22H42O5S. The molecule has 0 aliphatic carbocycles. The molecule has 0 bridgehead atoms. The topological polar surface area (TPSA) is 80.7 Å². The van der Waals surface area contributed by atoms with Crippen LogP contribution in [0.2, 0.25) is 0 Å². The van der Waals surface area contributed by atoms with Gasteiger partial charge in [-0.15, -0.1) is 0 Å². The van der Waals surface area contributed by atoms with Crippen LogP contribution in [0, 0.1) is 0 Å². The number of carbonyl (C=O) groups is 1. The molecule has 0 radical (unpaired) electrons. The Bertz CT molecular complexity index is 499. The molecule has 0 spiro atoms. The number of allylic oxidation sites excluding steroid dienone is 1. The second kappa shape index (κ2) is 18.2. The lowest BCUT2D eigenvalue weighted by Crippen LogP contribution is -2.17. The first-order valence-electron chi connectivity index (χ1n) is 11.2. The van der Waals surface area contributed by atoms with E-state index in [1.54, 1.807) is 6.08 Å². The van der Waals surface area contributed by atoms with Gasteiger partial charge in [-0.2, -0.15) is 8.42 Å². The SMILES string of the molecule is CCCCCCCCC=CC(CCCCCCC(=O)OCCCC)S(=O)(=O)O. The molecule has 6 heteroatoms. The summed E-state index contributed by atoms with van der Waals surface area (Å²) in [5, 5.41) is -0.813. The van der Waals surface area contributed by atoms with E-state index in [9.17, 15) is 17.8 Å². The molecule has 166 valence electrons. The van der Waals surface area contributed by atoms with Crippen molar-refractivity contribution in [3.8, 4) is 0 Å². The van der Waals surface area contributed by atoms with Crippen molar-refractivity contribution < 1.29 is 22.5 Å². The largest absolute Gasteiger partial charge is 0.466 e. The van der Waals surface area contributed by atoms with E-state index in [-0.39, 0.29) is 5.97 Å². The van der Waals surface area contributed by atoms with Crippen molar-refractivity contribution in [2.75, 3.05) is 6.61 Å². The van der Waals surface area contributed by atoms with Gasteiger partial charge >= 0.3 is 5.97 Å². The normalized spacial score (nSPS) is 13.1. The molecule has 0 amide bonds. The fraction of sp³-hybridized carbons (Fsp3) is 0.864. The van der Waals surface area contributed by atoms with E-state index < -0.39 is 15.4 Å². The lowest BCUT2D eigenvalue weighted by molar-refractivity contribution is -0.143. The van der Waals surface area contributed by atoms with Gasteiger partial charge in [0.2, 0.25) is 0 Å². The molecule has 0 heterocycles. The molecule has 1 unspecified atom stereocenters. The maximum Gasteiger partial charge on any atom is 0.305 e. The maximum absolute atomic E-state index is 11.5. The van der Waals surface area contributed by atoms with Crippen LogP contribution in [0.3, 0.4) is 0 Å². The number of carbonyl (C=O) groups excluding carboxylic acids is 1. The van der Waals surface area contributed by atoms with Crippen LogP contribution in [0.25, 0.3) is 0 Å². The van der Waals surface area contributed by atoms with Crippen LogP contribution in [-0.4, -0.2) is 30.8 Å². The molecule has 1 N–H and O–H groups in total. The Balaban J connectivity index is 3.90. The Morgan fingerprint density at radius 1 is 0.893 bits per heavy atom. The molecular weight excluding hydrogens is 376 g/mol. The number of hydrogen-bond acceptors (Lipinski definition) is 4. The van der Waals surface area contributed by atoms with E-state index in [2.05, 4.69) is 13.8 Å². The van der Waals surface area contributed by atoms with Gasteiger partial charge < -0.3 is 4.74 Å². The number of ether oxygens (including phenoxy) is 1. The smallest absolute Gasteiger partial charge is 0.305 e. The molecule has 0 fully saturated rings. The van der Waals surface area contributed by atoms with Gasteiger partial charge in [0.25, 0.3) is 10.1 Å². The van der Waals surface area contributed by atoms with Crippen molar-refractivity contribution in [3.63, 3.8) is 0 Å². The molecule has 0 rings (SSSR count). The zero-order valence-corrected chi connectivity index (χ0v) is 18.9. The number of rotatable bonds is 19. The van der Waals surface area contributed by atoms with E-state index in [1.165, 1.54) is 32.1 Å². The molecule has 0 aliphatic heterocycles. The van der Waals surface area contributed by atoms with Gasteiger partial charge in [0, 0.05) is 6.42 Å². The second-order valence-electron chi connectivity index (χ2n) is 7.56. The molecule has 1 atom stereocenters. The Labute approximate surface area is 173 Å². The molecule has 0 saturated carbocycles. The first-order valence-corrected chi connectivity index (χ1v) is 12.7. The molecule has 0 saturated heterocycles. The third-order valence-corrected chi connectivity index (χ3v) is 6.00. The van der Waals surface area contributed by atoms with E-state index >= 15 is 0 Å². The minimum Gasteiger partial charge on any atom is -0.466 e. The zero-order valence-electron chi connectivity index (χ0n) is 18.0. The minimum atomic E-state index is -4.05. The first-order chi connectivity index (χ1) is 13.4. The minimum absolute atomic E-state index is 0.151. The highest BCUT2D eigenvalue weighted by molar-refractivity contribution is 7.86. The highest BCUT2D eigenvalue weighted by atomic mass is 32.2. The third kappa shape index (κ3) is 17.2. The average molecular weight is 419 g/mol. The fourth-order valence-electron chi connectivity index (χ4n) is 3.01. The summed E-state index contributed by atoms with van der Waals surface area (Å²) >= 11 is 0. The quantitative estimate of drug-likeness (QED) is 0.116. The van der Waals surface area contributed by atoms with E-state index in [0.29, 0.717) is 19.4 Å². The molecule has 0 aromatic heterocycles. The summed E-state index contributed by atoms with van der Waals surface area (Å²) in [6.07, 6.45) is 17.6. The molecule has 0 aromatic carbocycles. The van der Waals surface area contributed by atoms with Gasteiger partial charge in [-0.3, -0.25) is 9.35 Å². The monoisotopic (exact) mass is 418 g/mol. The predicted molar refractivity (Wildman–Crippen MR) is 116 cm³/mol. The first kappa shape index (κ1) is 27.1. The van der Waals surface area contributed by atoms with Gasteiger partial charge in [-0.05, 0) is 32.1 Å². The van der Waals surface area contributed by atoms with Gasteiger partial charge in [0.05, 0.1) is 6.61 Å². The maximum atomic E-state index is 11.5. The molecule has 28 heavy (non-hydrogen) atoms. The standard InChI is InChI=1S/C22H42O5S/c1-3-5-7-8-9-10-11-14-17-21(28(24,25)26)18-15-12-13-16-19-22(23)27-20-6-4-2/h14,17,21H,3-13,15-16,18-20H2,1-2H3,(H,24,25,26). The van der Waals surface area contributed by atoms with Crippen molar-refractivity contribution in [1.29, 1.82) is 0 Å². The summed E-state index contributed by atoms with van der Waals surface area (Å²) in [5.41, 5.74) is 0.